The summed E-state index contributed by atoms with van der Waals surface area (Å²) in [5.74, 6) is -2.15. The molecule has 4 N–H and O–H groups in total. The number of aliphatic hydroxyl groups is 1. The molecule has 38 heavy (non-hydrogen) atoms. The molecule has 0 heterocycles. The predicted octanol–water partition coefficient (Wildman–Crippen LogP) is 1.89. The first kappa shape index (κ1) is 30.3. The maximum Gasteiger partial charge on any atom is 0.408 e. The van der Waals surface area contributed by atoms with Crippen LogP contribution < -0.4 is 16.0 Å². The number of amides is 3. The van der Waals surface area contributed by atoms with Gasteiger partial charge in [-0.05, 0) is 38.8 Å². The van der Waals surface area contributed by atoms with Gasteiger partial charge in [-0.2, -0.15) is 0 Å². The normalized spacial score (nSPS) is 14.3. The minimum absolute atomic E-state index is 0.0939. The zero-order valence-electron chi connectivity index (χ0n) is 22.4. The second kappa shape index (κ2) is 14.1. The second-order valence-electron chi connectivity index (χ2n) is 9.89. The van der Waals surface area contributed by atoms with Crippen molar-refractivity contribution < 1.29 is 33.8 Å². The van der Waals surface area contributed by atoms with E-state index in [-0.39, 0.29) is 12.8 Å². The number of carbonyl (C=O) groups excluding carboxylic acids is 4. The monoisotopic (exact) mass is 527 g/mol. The minimum atomic E-state index is -1.33. The molecule has 2 aromatic rings. The van der Waals surface area contributed by atoms with Gasteiger partial charge in [-0.1, -0.05) is 60.7 Å². The molecule has 2 rings (SSSR count). The molecule has 0 saturated heterocycles. The first-order valence-electron chi connectivity index (χ1n) is 12.3. The van der Waals surface area contributed by atoms with Gasteiger partial charge in [-0.3, -0.25) is 9.59 Å². The predicted molar refractivity (Wildman–Crippen MR) is 141 cm³/mol. The van der Waals surface area contributed by atoms with Crippen LogP contribution >= 0.6 is 0 Å². The molecule has 0 aromatic heterocycles. The Balaban J connectivity index is 2.30. The largest absolute Gasteiger partial charge is 0.467 e. The fraction of sp³-hybridized carbons (Fsp3) is 0.429. The van der Waals surface area contributed by atoms with Crippen LogP contribution in [-0.4, -0.2) is 65.9 Å². The zero-order valence-corrected chi connectivity index (χ0v) is 22.4. The van der Waals surface area contributed by atoms with E-state index in [1.54, 1.807) is 45.0 Å². The van der Waals surface area contributed by atoms with Crippen LogP contribution in [0.25, 0.3) is 0 Å². The maximum absolute atomic E-state index is 13.5. The molecule has 3 amide bonds. The minimum Gasteiger partial charge on any atom is -0.467 e. The van der Waals surface area contributed by atoms with Crippen LogP contribution in [0.4, 0.5) is 4.79 Å². The number of benzene rings is 2. The molecular weight excluding hydrogens is 490 g/mol. The number of alkyl carbamates (subject to hydrolysis) is 1. The van der Waals surface area contributed by atoms with Gasteiger partial charge >= 0.3 is 12.1 Å². The van der Waals surface area contributed by atoms with Gasteiger partial charge in [0.25, 0.3) is 0 Å². The van der Waals surface area contributed by atoms with E-state index >= 15 is 0 Å². The summed E-state index contributed by atoms with van der Waals surface area (Å²) in [6, 6.07) is 14.5. The van der Waals surface area contributed by atoms with Crippen LogP contribution in [0.2, 0.25) is 0 Å². The number of methoxy groups -OCH3 is 1. The molecule has 0 fully saturated rings. The van der Waals surface area contributed by atoms with Gasteiger partial charge in [0.1, 0.15) is 17.7 Å². The van der Waals surface area contributed by atoms with Crippen LogP contribution in [0.3, 0.4) is 0 Å². The van der Waals surface area contributed by atoms with Gasteiger partial charge < -0.3 is 30.5 Å². The lowest BCUT2D eigenvalue weighted by molar-refractivity contribution is -0.148. The molecule has 10 nitrogen and oxygen atoms in total. The summed E-state index contributed by atoms with van der Waals surface area (Å²) in [4.78, 5) is 51.3. The van der Waals surface area contributed by atoms with E-state index in [1.807, 2.05) is 36.4 Å². The number of carbonyl (C=O) groups is 4. The fourth-order valence-corrected chi connectivity index (χ4v) is 3.60. The van der Waals surface area contributed by atoms with E-state index in [4.69, 9.17) is 4.74 Å². The van der Waals surface area contributed by atoms with E-state index in [1.165, 1.54) is 6.92 Å². The van der Waals surface area contributed by atoms with Crippen molar-refractivity contribution in [1.82, 2.24) is 16.0 Å². The van der Waals surface area contributed by atoms with Gasteiger partial charge in [0, 0.05) is 12.8 Å². The van der Waals surface area contributed by atoms with Crippen molar-refractivity contribution in [2.45, 2.75) is 70.4 Å². The Morgan fingerprint density at radius 3 is 1.66 bits per heavy atom. The van der Waals surface area contributed by atoms with E-state index in [9.17, 15) is 24.3 Å². The Morgan fingerprint density at radius 1 is 0.789 bits per heavy atom. The number of esters is 1. The number of hydrogen-bond acceptors (Lipinski definition) is 7. The Hall–Kier alpha value is -3.92. The van der Waals surface area contributed by atoms with Crippen molar-refractivity contribution >= 4 is 23.9 Å². The van der Waals surface area contributed by atoms with E-state index in [0.29, 0.717) is 0 Å². The molecule has 0 aliphatic heterocycles. The average molecular weight is 528 g/mol. The molecule has 2 aromatic carbocycles. The van der Waals surface area contributed by atoms with Gasteiger partial charge in [-0.15, -0.1) is 0 Å². The van der Waals surface area contributed by atoms with Crippen molar-refractivity contribution in [2.24, 2.45) is 0 Å². The van der Waals surface area contributed by atoms with E-state index in [0.717, 1.165) is 18.2 Å². The highest BCUT2D eigenvalue weighted by molar-refractivity contribution is 5.93. The lowest BCUT2D eigenvalue weighted by Crippen LogP contribution is -2.58. The fourth-order valence-electron chi connectivity index (χ4n) is 3.60. The summed E-state index contributed by atoms with van der Waals surface area (Å²) in [6.07, 6.45) is -1.78. The highest BCUT2D eigenvalue weighted by Gasteiger charge is 2.32. The molecule has 10 heteroatoms. The quantitative estimate of drug-likeness (QED) is 0.327. The van der Waals surface area contributed by atoms with E-state index < -0.39 is 53.7 Å². The summed E-state index contributed by atoms with van der Waals surface area (Å²) in [7, 11) is 1.14. The maximum atomic E-state index is 13.5. The molecule has 0 unspecified atom stereocenters. The Morgan fingerprint density at radius 2 is 1.24 bits per heavy atom. The molecule has 0 spiro atoms. The standard InChI is InChI=1S/C28H37N3O7/c1-18(32)23(26(35)37-5)31-25(34)21(16-19-12-8-6-9-13-19)29-24(33)22(17-20-14-10-7-11-15-20)30-27(36)38-28(2,3)4/h6-15,18,21-23,32H,16-17H2,1-5H3,(H,29,33)(H,30,36)(H,31,34)/t18-,21+,22+,23-/m0/s1. The first-order valence-corrected chi connectivity index (χ1v) is 12.3. The summed E-state index contributed by atoms with van der Waals surface area (Å²) in [6.45, 7) is 6.46. The highest BCUT2D eigenvalue weighted by atomic mass is 16.6. The smallest absolute Gasteiger partial charge is 0.408 e. The van der Waals surface area contributed by atoms with Crippen LogP contribution in [0, 0.1) is 0 Å². The number of rotatable bonds is 11. The molecule has 0 aliphatic rings. The van der Waals surface area contributed by atoms with Crippen molar-refractivity contribution in [3.8, 4) is 0 Å². The van der Waals surface area contributed by atoms with Gasteiger partial charge in [0.2, 0.25) is 11.8 Å². The number of ether oxygens (including phenoxy) is 2. The lowest BCUT2D eigenvalue weighted by Gasteiger charge is -2.27. The number of nitrogens with one attached hydrogen (secondary N) is 3. The number of hydrogen-bond donors (Lipinski definition) is 4. The third-order valence-corrected chi connectivity index (χ3v) is 5.44. The molecular formula is C28H37N3O7. The van der Waals surface area contributed by atoms with Crippen LogP contribution in [-0.2, 0) is 36.7 Å². The van der Waals surface area contributed by atoms with Crippen LogP contribution in [0.15, 0.2) is 60.7 Å². The Labute approximate surface area is 223 Å². The summed E-state index contributed by atoms with van der Waals surface area (Å²) < 4.78 is 10.0. The molecule has 0 saturated carbocycles. The third-order valence-electron chi connectivity index (χ3n) is 5.44. The van der Waals surface area contributed by atoms with Gasteiger partial charge in [-0.25, -0.2) is 9.59 Å². The molecule has 0 aliphatic carbocycles. The third kappa shape index (κ3) is 10.2. The first-order chi connectivity index (χ1) is 17.9. The summed E-state index contributed by atoms with van der Waals surface area (Å²) in [5.41, 5.74) is 0.754. The highest BCUT2D eigenvalue weighted by Crippen LogP contribution is 2.10. The SMILES string of the molecule is COC(=O)[C@@H](NC(=O)[C@@H](Cc1ccccc1)NC(=O)[C@@H](Cc1ccccc1)NC(=O)OC(C)(C)C)[C@H](C)O. The summed E-state index contributed by atoms with van der Waals surface area (Å²) in [5, 5.41) is 17.8. The molecule has 206 valence electrons. The van der Waals surface area contributed by atoms with Crippen molar-refractivity contribution in [2.75, 3.05) is 7.11 Å². The average Bonchev–Trinajstić information content (AvgIpc) is 2.85. The second-order valence-corrected chi connectivity index (χ2v) is 9.89. The molecule has 0 bridgehead atoms. The summed E-state index contributed by atoms with van der Waals surface area (Å²) >= 11 is 0. The van der Waals surface area contributed by atoms with Gasteiger partial charge in [0.15, 0.2) is 6.04 Å². The number of aliphatic hydroxyl groups excluding tert-OH is 1. The van der Waals surface area contributed by atoms with Crippen LogP contribution in [0.5, 0.6) is 0 Å². The van der Waals surface area contributed by atoms with Crippen molar-refractivity contribution in [1.29, 1.82) is 0 Å². The van der Waals surface area contributed by atoms with Gasteiger partial charge in [0.05, 0.1) is 13.2 Å². The Kier molecular flexibility index (Phi) is 11.3. The molecule has 0 radical (unpaired) electrons. The topological polar surface area (TPSA) is 143 Å². The lowest BCUT2D eigenvalue weighted by atomic mass is 10.0. The molecule has 4 atom stereocenters. The van der Waals surface area contributed by atoms with Crippen molar-refractivity contribution in [3.63, 3.8) is 0 Å². The Bertz CT molecular complexity index is 1070. The van der Waals surface area contributed by atoms with E-state index in [2.05, 4.69) is 20.7 Å². The van der Waals surface area contributed by atoms with Crippen LogP contribution in [0.1, 0.15) is 38.8 Å². The van der Waals surface area contributed by atoms with Crippen molar-refractivity contribution in [3.05, 3.63) is 71.8 Å². The zero-order chi connectivity index (χ0) is 28.3.